The minimum absolute atomic E-state index is 0.167. The summed E-state index contributed by atoms with van der Waals surface area (Å²) in [6.07, 6.45) is 0. The van der Waals surface area contributed by atoms with E-state index in [2.05, 4.69) is 5.32 Å². The Bertz CT molecular complexity index is 403. The lowest BCUT2D eigenvalue weighted by molar-refractivity contribution is -0.148. The lowest BCUT2D eigenvalue weighted by Crippen LogP contribution is -2.35. The summed E-state index contributed by atoms with van der Waals surface area (Å²) in [4.78, 5) is 23.0. The highest BCUT2D eigenvalue weighted by Crippen LogP contribution is 2.22. The zero-order chi connectivity index (χ0) is 13.5. The van der Waals surface area contributed by atoms with Crippen LogP contribution in [0.25, 0.3) is 0 Å². The molecule has 1 aromatic carbocycles. The quantitative estimate of drug-likeness (QED) is 0.813. The van der Waals surface area contributed by atoms with E-state index in [1.165, 1.54) is 6.92 Å². The summed E-state index contributed by atoms with van der Waals surface area (Å²) in [5.74, 6) is -0.892. The summed E-state index contributed by atoms with van der Waals surface area (Å²) in [6, 6.07) is 9.06. The van der Waals surface area contributed by atoms with Gasteiger partial charge in [-0.15, -0.1) is 0 Å². The van der Waals surface area contributed by atoms with E-state index in [0.29, 0.717) is 6.61 Å². The first-order valence-corrected chi connectivity index (χ1v) is 6.05. The normalized spacial score (nSPS) is 13.5. The van der Waals surface area contributed by atoms with E-state index in [-0.39, 0.29) is 17.9 Å². The van der Waals surface area contributed by atoms with E-state index in [1.54, 1.807) is 13.8 Å². The van der Waals surface area contributed by atoms with Crippen LogP contribution in [-0.2, 0) is 14.3 Å². The molecule has 0 aliphatic carbocycles. The summed E-state index contributed by atoms with van der Waals surface area (Å²) in [6.45, 7) is 5.30. The predicted octanol–water partition coefficient (Wildman–Crippen LogP) is 2.06. The number of amides is 1. The van der Waals surface area contributed by atoms with Gasteiger partial charge in [0.15, 0.2) is 0 Å². The molecule has 0 saturated carbocycles. The third-order valence-electron chi connectivity index (χ3n) is 2.68. The molecule has 98 valence electrons. The molecule has 2 atom stereocenters. The van der Waals surface area contributed by atoms with E-state index < -0.39 is 5.92 Å². The monoisotopic (exact) mass is 249 g/mol. The molecule has 0 spiro atoms. The number of hydrogen-bond acceptors (Lipinski definition) is 3. The Labute approximate surface area is 107 Å². The molecule has 1 amide bonds. The molecule has 4 heteroatoms. The number of benzene rings is 1. The number of rotatable bonds is 5. The van der Waals surface area contributed by atoms with Gasteiger partial charge in [-0.25, -0.2) is 0 Å². The molecular weight excluding hydrogens is 230 g/mol. The van der Waals surface area contributed by atoms with Crippen LogP contribution >= 0.6 is 0 Å². The summed E-state index contributed by atoms with van der Waals surface area (Å²) < 4.78 is 5.00. The number of esters is 1. The number of hydrogen-bond donors (Lipinski definition) is 1. The van der Waals surface area contributed by atoms with E-state index >= 15 is 0 Å². The maximum Gasteiger partial charge on any atom is 0.311 e. The molecule has 0 aliphatic heterocycles. The molecule has 18 heavy (non-hydrogen) atoms. The van der Waals surface area contributed by atoms with Crippen LogP contribution in [0.5, 0.6) is 0 Å². The minimum Gasteiger partial charge on any atom is -0.466 e. The van der Waals surface area contributed by atoms with Crippen molar-refractivity contribution < 1.29 is 14.3 Å². The standard InChI is InChI=1S/C14H19NO3/c1-4-18-14(17)10(2)13(15-11(3)16)12-8-6-5-7-9-12/h5-10,13H,4H2,1-3H3,(H,15,16)/t10-,13+/m0/s1. The van der Waals surface area contributed by atoms with Crippen molar-refractivity contribution in [3.8, 4) is 0 Å². The molecule has 0 aromatic heterocycles. The Hall–Kier alpha value is -1.84. The van der Waals surface area contributed by atoms with Gasteiger partial charge in [-0.3, -0.25) is 9.59 Å². The van der Waals surface area contributed by atoms with E-state index in [1.807, 2.05) is 30.3 Å². The summed E-state index contributed by atoms with van der Waals surface area (Å²) in [5.41, 5.74) is 0.897. The molecule has 1 aromatic rings. The third-order valence-corrected chi connectivity index (χ3v) is 2.68. The zero-order valence-electron chi connectivity index (χ0n) is 11.0. The van der Waals surface area contributed by atoms with Crippen molar-refractivity contribution in [3.05, 3.63) is 35.9 Å². The van der Waals surface area contributed by atoms with Crippen molar-refractivity contribution >= 4 is 11.9 Å². The van der Waals surface area contributed by atoms with Crippen molar-refractivity contribution in [2.45, 2.75) is 26.8 Å². The number of carbonyl (C=O) groups is 2. The summed E-state index contributed by atoms with van der Waals surface area (Å²) in [7, 11) is 0. The molecule has 0 aliphatic rings. The number of nitrogens with one attached hydrogen (secondary N) is 1. The lowest BCUT2D eigenvalue weighted by Gasteiger charge is -2.23. The fraction of sp³-hybridized carbons (Fsp3) is 0.429. The van der Waals surface area contributed by atoms with E-state index in [0.717, 1.165) is 5.56 Å². The second kappa shape index (κ2) is 6.79. The molecule has 1 N–H and O–H groups in total. The van der Waals surface area contributed by atoms with Gasteiger partial charge in [0.2, 0.25) is 5.91 Å². The van der Waals surface area contributed by atoms with Crippen LogP contribution in [0.15, 0.2) is 30.3 Å². The van der Waals surface area contributed by atoms with Crippen molar-refractivity contribution in [1.82, 2.24) is 5.32 Å². The molecule has 0 bridgehead atoms. The van der Waals surface area contributed by atoms with Crippen LogP contribution in [0, 0.1) is 5.92 Å². The largest absolute Gasteiger partial charge is 0.466 e. The average molecular weight is 249 g/mol. The lowest BCUT2D eigenvalue weighted by atomic mass is 9.94. The van der Waals surface area contributed by atoms with E-state index in [4.69, 9.17) is 4.74 Å². The highest BCUT2D eigenvalue weighted by Gasteiger charge is 2.27. The van der Waals surface area contributed by atoms with Gasteiger partial charge in [0.25, 0.3) is 0 Å². The summed E-state index contributed by atoms with van der Waals surface area (Å²) in [5, 5.41) is 2.80. The predicted molar refractivity (Wildman–Crippen MR) is 68.8 cm³/mol. The van der Waals surface area contributed by atoms with Crippen molar-refractivity contribution in [1.29, 1.82) is 0 Å². The molecule has 4 nitrogen and oxygen atoms in total. The fourth-order valence-electron chi connectivity index (χ4n) is 1.79. The Balaban J connectivity index is 2.91. The molecule has 0 saturated heterocycles. The topological polar surface area (TPSA) is 55.4 Å². The molecular formula is C14H19NO3. The van der Waals surface area contributed by atoms with Crippen LogP contribution in [0.2, 0.25) is 0 Å². The van der Waals surface area contributed by atoms with Gasteiger partial charge in [-0.1, -0.05) is 30.3 Å². The Morgan fingerprint density at radius 2 is 1.89 bits per heavy atom. The molecule has 0 fully saturated rings. The highest BCUT2D eigenvalue weighted by molar-refractivity contribution is 5.77. The second-order valence-corrected chi connectivity index (χ2v) is 4.13. The van der Waals surface area contributed by atoms with Gasteiger partial charge in [0, 0.05) is 6.92 Å². The van der Waals surface area contributed by atoms with Crippen molar-refractivity contribution in [2.75, 3.05) is 6.61 Å². The third kappa shape index (κ3) is 3.87. The molecule has 0 unspecified atom stereocenters. The Morgan fingerprint density at radius 1 is 1.28 bits per heavy atom. The van der Waals surface area contributed by atoms with Crippen LogP contribution in [0.4, 0.5) is 0 Å². The van der Waals surface area contributed by atoms with Gasteiger partial charge < -0.3 is 10.1 Å². The number of ether oxygens (including phenoxy) is 1. The minimum atomic E-state index is -0.420. The second-order valence-electron chi connectivity index (χ2n) is 4.13. The van der Waals surface area contributed by atoms with Gasteiger partial charge in [0.1, 0.15) is 0 Å². The van der Waals surface area contributed by atoms with Gasteiger partial charge >= 0.3 is 5.97 Å². The van der Waals surface area contributed by atoms with Crippen LogP contribution in [-0.4, -0.2) is 18.5 Å². The maximum absolute atomic E-state index is 11.8. The average Bonchev–Trinajstić information content (AvgIpc) is 2.36. The van der Waals surface area contributed by atoms with Crippen molar-refractivity contribution in [3.63, 3.8) is 0 Å². The molecule has 0 radical (unpaired) electrons. The maximum atomic E-state index is 11.8. The number of carbonyl (C=O) groups excluding carboxylic acids is 2. The van der Waals surface area contributed by atoms with Crippen molar-refractivity contribution in [2.24, 2.45) is 5.92 Å². The molecule has 0 heterocycles. The first-order valence-electron chi connectivity index (χ1n) is 6.05. The van der Waals surface area contributed by atoms with Gasteiger partial charge in [0.05, 0.1) is 18.6 Å². The first-order chi connectivity index (χ1) is 8.56. The Kier molecular flexibility index (Phi) is 5.36. The summed E-state index contributed by atoms with van der Waals surface area (Å²) >= 11 is 0. The van der Waals surface area contributed by atoms with Crippen LogP contribution in [0.1, 0.15) is 32.4 Å². The van der Waals surface area contributed by atoms with Gasteiger partial charge in [-0.05, 0) is 19.4 Å². The van der Waals surface area contributed by atoms with Crippen LogP contribution in [0.3, 0.4) is 0 Å². The fourth-order valence-corrected chi connectivity index (χ4v) is 1.79. The van der Waals surface area contributed by atoms with E-state index in [9.17, 15) is 9.59 Å². The SMILES string of the molecule is CCOC(=O)[C@@H](C)[C@@H](NC(C)=O)c1ccccc1. The molecule has 1 rings (SSSR count). The van der Waals surface area contributed by atoms with Crippen LogP contribution < -0.4 is 5.32 Å². The first kappa shape index (κ1) is 14.2. The van der Waals surface area contributed by atoms with Gasteiger partial charge in [-0.2, -0.15) is 0 Å². The zero-order valence-corrected chi connectivity index (χ0v) is 11.0. The smallest absolute Gasteiger partial charge is 0.311 e. The highest BCUT2D eigenvalue weighted by atomic mass is 16.5. The Morgan fingerprint density at radius 3 is 2.39 bits per heavy atom.